The fourth-order valence-electron chi connectivity index (χ4n) is 6.93. The number of aliphatic hydroxyl groups is 1. The van der Waals surface area contributed by atoms with Gasteiger partial charge in [-0.1, -0.05) is 23.7 Å². The molecular weight excluding hydrogens is 634 g/mol. The number of benzene rings is 1. The fraction of sp³-hybridized carbons (Fsp3) is 0.441. The van der Waals surface area contributed by atoms with E-state index in [1.807, 2.05) is 42.3 Å². The predicted molar refractivity (Wildman–Crippen MR) is 181 cm³/mol. The van der Waals surface area contributed by atoms with Crippen LogP contribution in [0.25, 0.3) is 11.1 Å². The molecule has 3 aliphatic heterocycles. The summed E-state index contributed by atoms with van der Waals surface area (Å²) in [5.41, 5.74) is 6.99. The van der Waals surface area contributed by atoms with Crippen LogP contribution in [0.1, 0.15) is 56.5 Å². The Hall–Kier alpha value is -4.14. The third kappa shape index (κ3) is 6.01. The van der Waals surface area contributed by atoms with Gasteiger partial charge in [-0.05, 0) is 25.5 Å². The van der Waals surface area contributed by atoms with Crippen molar-refractivity contribution in [1.29, 1.82) is 0 Å². The number of pyridine rings is 1. The minimum absolute atomic E-state index is 0.312. The maximum atomic E-state index is 13.5. The molecule has 3 aliphatic rings. The van der Waals surface area contributed by atoms with E-state index in [0.717, 1.165) is 67.5 Å². The van der Waals surface area contributed by atoms with Crippen molar-refractivity contribution in [1.82, 2.24) is 33.9 Å². The smallest absolute Gasteiger partial charge is 0.291 e. The zero-order valence-electron chi connectivity index (χ0n) is 27.6. The number of hydrogen-bond acceptors (Lipinski definition) is 9. The van der Waals surface area contributed by atoms with Gasteiger partial charge in [0.2, 0.25) is 0 Å². The number of rotatable bonds is 8. The number of carbonyl (C=O) groups is 2. The lowest BCUT2D eigenvalue weighted by Crippen LogP contribution is -2.50. The van der Waals surface area contributed by atoms with Crippen molar-refractivity contribution in [3.05, 3.63) is 75.6 Å². The molecule has 0 aliphatic carbocycles. The molecule has 6 heterocycles. The van der Waals surface area contributed by atoms with Crippen LogP contribution in [0, 0.1) is 6.92 Å². The lowest BCUT2D eigenvalue weighted by molar-refractivity contribution is -0.0700. The molecule has 7 rings (SSSR count). The number of nitrogens with one attached hydrogen (secondary N) is 2. The second kappa shape index (κ2) is 13.1. The molecule has 1 fully saturated rings. The van der Waals surface area contributed by atoms with E-state index in [1.54, 1.807) is 25.4 Å². The number of ether oxygens (including phenoxy) is 1. The first-order valence-electron chi connectivity index (χ1n) is 16.3. The molecule has 3 N–H and O–H groups in total. The molecule has 3 aromatic heterocycles. The number of imidazole rings is 2. The summed E-state index contributed by atoms with van der Waals surface area (Å²) >= 11 is 6.93. The Kier molecular flexibility index (Phi) is 8.81. The SMILES string of the molecule is Cc1c(NC(=O)c2nc3c(n2C)CCN(CC(C)O)C3)cncc1-c1cccc(NC(=O)c2nc3c(n2C)CCN(C2COC2)C3)c1Cl. The van der Waals surface area contributed by atoms with E-state index in [9.17, 15) is 14.7 Å². The summed E-state index contributed by atoms with van der Waals surface area (Å²) in [4.78, 5) is 45.3. The Morgan fingerprint density at radius 1 is 0.958 bits per heavy atom. The lowest BCUT2D eigenvalue weighted by atomic mass is 10.0. The van der Waals surface area contributed by atoms with Crippen LogP contribution in [0.5, 0.6) is 0 Å². The molecule has 48 heavy (non-hydrogen) atoms. The van der Waals surface area contributed by atoms with Gasteiger partial charge in [-0.3, -0.25) is 24.4 Å². The first-order chi connectivity index (χ1) is 23.1. The van der Waals surface area contributed by atoms with Gasteiger partial charge in [0.25, 0.3) is 11.8 Å². The molecule has 1 aromatic carbocycles. The highest BCUT2D eigenvalue weighted by Gasteiger charge is 2.32. The largest absolute Gasteiger partial charge is 0.392 e. The second-order valence-electron chi connectivity index (χ2n) is 13.0. The maximum Gasteiger partial charge on any atom is 0.291 e. The van der Waals surface area contributed by atoms with Crippen LogP contribution in [0.2, 0.25) is 5.02 Å². The lowest BCUT2D eigenvalue weighted by Gasteiger charge is -2.39. The highest BCUT2D eigenvalue weighted by molar-refractivity contribution is 6.36. The number of carbonyl (C=O) groups excluding carboxylic acids is 2. The Balaban J connectivity index is 1.08. The van der Waals surface area contributed by atoms with E-state index in [-0.39, 0.29) is 11.8 Å². The number of anilines is 2. The summed E-state index contributed by atoms with van der Waals surface area (Å²) in [5, 5.41) is 16.1. The van der Waals surface area contributed by atoms with E-state index in [0.29, 0.717) is 64.8 Å². The quantitative estimate of drug-likeness (QED) is 0.257. The second-order valence-corrected chi connectivity index (χ2v) is 13.3. The highest BCUT2D eigenvalue weighted by atomic mass is 35.5. The van der Waals surface area contributed by atoms with Gasteiger partial charge >= 0.3 is 0 Å². The van der Waals surface area contributed by atoms with Crippen molar-refractivity contribution >= 4 is 34.8 Å². The van der Waals surface area contributed by atoms with Gasteiger partial charge in [0.1, 0.15) is 0 Å². The minimum Gasteiger partial charge on any atom is -0.392 e. The summed E-state index contributed by atoms with van der Waals surface area (Å²) in [7, 11) is 3.73. The molecule has 14 heteroatoms. The van der Waals surface area contributed by atoms with Gasteiger partial charge in [-0.25, -0.2) is 9.97 Å². The van der Waals surface area contributed by atoms with E-state index in [4.69, 9.17) is 21.3 Å². The number of β-amino-alcohol motifs (C(OH)–C–C–N with tert-alkyl or cyclic N) is 1. The van der Waals surface area contributed by atoms with Crippen LogP contribution in [-0.2, 0) is 44.8 Å². The fourth-order valence-corrected chi connectivity index (χ4v) is 7.20. The summed E-state index contributed by atoms with van der Waals surface area (Å²) in [5.74, 6) is -0.0355. The molecule has 1 atom stereocenters. The Morgan fingerprint density at radius 3 is 2.25 bits per heavy atom. The van der Waals surface area contributed by atoms with Crippen LogP contribution in [-0.4, -0.2) is 95.8 Å². The number of aromatic nitrogens is 5. The standard InChI is InChI=1S/C34H40ClN9O4/c1-19(45)14-43-10-8-28-26(15-43)37-32(41(28)3)34(47)40-25-13-36-12-23(20(25)2)22-6-5-7-24(30(22)35)39-33(46)31-38-27-16-44(21-17-48-18-21)11-9-29(27)42(31)4/h5-7,12-13,19,21,45H,8-11,14-18H2,1-4H3,(H,39,46)(H,40,47). The average Bonchev–Trinajstić information content (AvgIpc) is 3.54. The number of aliphatic hydroxyl groups excluding tert-OH is 1. The summed E-state index contributed by atoms with van der Waals surface area (Å²) < 4.78 is 9.09. The topological polar surface area (TPSA) is 143 Å². The monoisotopic (exact) mass is 673 g/mol. The number of halogens is 1. The molecule has 0 bridgehead atoms. The third-order valence-corrected chi connectivity index (χ3v) is 10.1. The molecule has 4 aromatic rings. The summed E-state index contributed by atoms with van der Waals surface area (Å²) in [6.07, 6.45) is 4.43. The van der Waals surface area contributed by atoms with E-state index in [1.165, 1.54) is 0 Å². The van der Waals surface area contributed by atoms with Gasteiger partial charge in [-0.15, -0.1) is 0 Å². The van der Waals surface area contributed by atoms with Crippen molar-refractivity contribution < 1.29 is 19.4 Å². The molecule has 1 unspecified atom stereocenters. The van der Waals surface area contributed by atoms with E-state index in [2.05, 4.69) is 30.4 Å². The molecule has 1 saturated heterocycles. The molecule has 252 valence electrons. The number of hydrogen-bond donors (Lipinski definition) is 3. The molecule has 0 spiro atoms. The molecule has 0 saturated carbocycles. The first kappa shape index (κ1) is 32.4. The summed E-state index contributed by atoms with van der Waals surface area (Å²) in [6.45, 7) is 8.69. The Morgan fingerprint density at radius 2 is 1.60 bits per heavy atom. The third-order valence-electron chi connectivity index (χ3n) is 9.69. The van der Waals surface area contributed by atoms with Gasteiger partial charge in [0.05, 0.1) is 59.3 Å². The van der Waals surface area contributed by atoms with Gasteiger partial charge in [-0.2, -0.15) is 0 Å². The number of amides is 2. The van der Waals surface area contributed by atoms with Crippen LogP contribution in [0.15, 0.2) is 30.6 Å². The molecule has 2 amide bonds. The van der Waals surface area contributed by atoms with Gasteiger partial charge in [0.15, 0.2) is 11.6 Å². The zero-order chi connectivity index (χ0) is 33.7. The van der Waals surface area contributed by atoms with Crippen molar-refractivity contribution in [3.8, 4) is 11.1 Å². The molecular formula is C34H40ClN9O4. The first-order valence-corrected chi connectivity index (χ1v) is 16.6. The van der Waals surface area contributed by atoms with Crippen LogP contribution < -0.4 is 10.6 Å². The van der Waals surface area contributed by atoms with Gasteiger partial charge < -0.3 is 29.6 Å². The van der Waals surface area contributed by atoms with Crippen molar-refractivity contribution in [2.24, 2.45) is 14.1 Å². The zero-order valence-corrected chi connectivity index (χ0v) is 28.3. The number of nitrogens with zero attached hydrogens (tertiary/aromatic N) is 7. The normalized spacial score (nSPS) is 17.4. The number of fused-ring (bicyclic) bond motifs is 2. The van der Waals surface area contributed by atoms with Crippen LogP contribution in [0.3, 0.4) is 0 Å². The van der Waals surface area contributed by atoms with Crippen LogP contribution >= 0.6 is 11.6 Å². The Bertz CT molecular complexity index is 1900. The van der Waals surface area contributed by atoms with Gasteiger partial charge in [0, 0.05) is 88.4 Å². The van der Waals surface area contributed by atoms with E-state index >= 15 is 0 Å². The average molecular weight is 674 g/mol. The molecule has 0 radical (unpaired) electrons. The van der Waals surface area contributed by atoms with Crippen molar-refractivity contribution in [2.75, 3.05) is 43.5 Å². The van der Waals surface area contributed by atoms with Crippen molar-refractivity contribution in [3.63, 3.8) is 0 Å². The van der Waals surface area contributed by atoms with Crippen LogP contribution in [0.4, 0.5) is 11.4 Å². The minimum atomic E-state index is -0.434. The Labute approximate surface area is 283 Å². The van der Waals surface area contributed by atoms with Crippen molar-refractivity contribution in [2.45, 2.75) is 51.9 Å². The van der Waals surface area contributed by atoms with E-state index < -0.39 is 6.10 Å². The maximum absolute atomic E-state index is 13.5. The molecule has 13 nitrogen and oxygen atoms in total. The summed E-state index contributed by atoms with van der Waals surface area (Å²) in [6, 6.07) is 5.85. The highest BCUT2D eigenvalue weighted by Crippen LogP contribution is 2.37. The predicted octanol–water partition coefficient (Wildman–Crippen LogP) is 3.18.